The number of hydrogen-bond acceptors (Lipinski definition) is 6. The van der Waals surface area contributed by atoms with Crippen LogP contribution in [0, 0.1) is 0 Å². The van der Waals surface area contributed by atoms with Gasteiger partial charge in [0, 0.05) is 12.0 Å². The summed E-state index contributed by atoms with van der Waals surface area (Å²) in [4.78, 5) is 11.3. The molecule has 3 rings (SSSR count). The molecular formula is C12H10N2O3S. The van der Waals surface area contributed by atoms with Crippen molar-refractivity contribution in [1.82, 2.24) is 10.2 Å². The van der Waals surface area contributed by atoms with Crippen LogP contribution in [0.2, 0.25) is 0 Å². The number of thioether (sulfide) groups is 1. The van der Waals surface area contributed by atoms with Gasteiger partial charge in [0.2, 0.25) is 5.89 Å². The van der Waals surface area contributed by atoms with Gasteiger partial charge >= 0.3 is 5.97 Å². The van der Waals surface area contributed by atoms with E-state index in [0.29, 0.717) is 24.1 Å². The highest BCUT2D eigenvalue weighted by atomic mass is 32.2. The molecule has 18 heavy (non-hydrogen) atoms. The van der Waals surface area contributed by atoms with Gasteiger partial charge in [-0.25, -0.2) is 0 Å². The molecule has 0 radical (unpaired) electrons. The number of cyclic esters (lactones) is 1. The molecule has 1 aromatic carbocycles. The monoisotopic (exact) mass is 262 g/mol. The maximum absolute atomic E-state index is 11.3. The molecule has 1 atom stereocenters. The maximum atomic E-state index is 11.3. The molecule has 0 bridgehead atoms. The first kappa shape index (κ1) is 11.3. The lowest BCUT2D eigenvalue weighted by Gasteiger charge is -1.99. The van der Waals surface area contributed by atoms with E-state index in [2.05, 4.69) is 10.2 Å². The minimum atomic E-state index is -0.228. The van der Waals surface area contributed by atoms with Crippen molar-refractivity contribution in [2.45, 2.75) is 16.9 Å². The van der Waals surface area contributed by atoms with E-state index in [0.717, 1.165) is 5.56 Å². The van der Waals surface area contributed by atoms with Gasteiger partial charge in [0.25, 0.3) is 5.22 Å². The molecule has 0 N–H and O–H groups in total. The van der Waals surface area contributed by atoms with Crippen molar-refractivity contribution in [3.63, 3.8) is 0 Å². The second-order valence-corrected chi connectivity index (χ2v) is 4.96. The number of rotatable bonds is 3. The zero-order valence-electron chi connectivity index (χ0n) is 9.41. The van der Waals surface area contributed by atoms with Gasteiger partial charge in [-0.2, -0.15) is 0 Å². The van der Waals surface area contributed by atoms with Crippen LogP contribution in [-0.4, -0.2) is 28.0 Å². The zero-order valence-corrected chi connectivity index (χ0v) is 10.2. The van der Waals surface area contributed by atoms with Crippen LogP contribution < -0.4 is 0 Å². The Morgan fingerprint density at radius 2 is 2.06 bits per heavy atom. The third-order valence-corrected chi connectivity index (χ3v) is 3.64. The highest BCUT2D eigenvalue weighted by Gasteiger charge is 2.29. The molecule has 0 unspecified atom stereocenters. The first-order valence-electron chi connectivity index (χ1n) is 5.55. The van der Waals surface area contributed by atoms with E-state index in [9.17, 15) is 4.79 Å². The highest BCUT2D eigenvalue weighted by Crippen LogP contribution is 2.30. The Kier molecular flexibility index (Phi) is 3.02. The second kappa shape index (κ2) is 4.81. The summed E-state index contributed by atoms with van der Waals surface area (Å²) in [7, 11) is 0. The largest absolute Gasteiger partial charge is 0.465 e. The van der Waals surface area contributed by atoms with Crippen molar-refractivity contribution < 1.29 is 13.9 Å². The molecule has 1 fully saturated rings. The summed E-state index contributed by atoms with van der Waals surface area (Å²) in [6.07, 6.45) is 0.687. The number of hydrogen-bond donors (Lipinski definition) is 0. The van der Waals surface area contributed by atoms with Gasteiger partial charge < -0.3 is 9.15 Å². The quantitative estimate of drug-likeness (QED) is 0.790. The molecule has 2 aromatic rings. The van der Waals surface area contributed by atoms with Crippen molar-refractivity contribution in [3.05, 3.63) is 30.3 Å². The number of nitrogens with zero attached hydrogens (tertiary/aromatic N) is 2. The molecular weight excluding hydrogens is 252 g/mol. The molecule has 0 saturated carbocycles. The van der Waals surface area contributed by atoms with Crippen LogP contribution in [0.3, 0.4) is 0 Å². The third kappa shape index (κ3) is 2.24. The van der Waals surface area contributed by atoms with Crippen molar-refractivity contribution in [1.29, 1.82) is 0 Å². The SMILES string of the molecule is O=C1OCC[C@@H]1Sc1nnc(-c2ccccc2)o1. The number of ether oxygens (including phenoxy) is 1. The molecule has 0 aliphatic carbocycles. The Morgan fingerprint density at radius 1 is 1.22 bits per heavy atom. The van der Waals surface area contributed by atoms with Crippen molar-refractivity contribution in [3.8, 4) is 11.5 Å². The Balaban J connectivity index is 1.76. The lowest BCUT2D eigenvalue weighted by Crippen LogP contribution is -2.09. The molecule has 2 heterocycles. The van der Waals surface area contributed by atoms with Crippen LogP contribution in [-0.2, 0) is 9.53 Å². The van der Waals surface area contributed by atoms with Crippen LogP contribution >= 0.6 is 11.8 Å². The average Bonchev–Trinajstić information content (AvgIpc) is 3.02. The van der Waals surface area contributed by atoms with Gasteiger partial charge in [0.1, 0.15) is 5.25 Å². The van der Waals surface area contributed by atoms with Gasteiger partial charge in [0.05, 0.1) is 6.61 Å². The molecule has 1 aliphatic heterocycles. The first-order chi connectivity index (χ1) is 8.83. The Morgan fingerprint density at radius 3 is 2.78 bits per heavy atom. The number of benzene rings is 1. The number of carbonyl (C=O) groups is 1. The van der Waals surface area contributed by atoms with Crippen LogP contribution in [0.25, 0.3) is 11.5 Å². The zero-order chi connectivity index (χ0) is 12.4. The van der Waals surface area contributed by atoms with Crippen LogP contribution in [0.4, 0.5) is 0 Å². The van der Waals surface area contributed by atoms with Crippen LogP contribution in [0.15, 0.2) is 40.0 Å². The predicted octanol–water partition coefficient (Wildman–Crippen LogP) is 2.14. The minimum absolute atomic E-state index is 0.209. The molecule has 0 amide bonds. The normalized spacial score (nSPS) is 18.9. The van der Waals surface area contributed by atoms with Crippen molar-refractivity contribution in [2.75, 3.05) is 6.61 Å². The summed E-state index contributed by atoms with van der Waals surface area (Å²) in [5, 5.41) is 8.07. The summed E-state index contributed by atoms with van der Waals surface area (Å²) in [6, 6.07) is 9.52. The molecule has 5 nitrogen and oxygen atoms in total. The van der Waals surface area contributed by atoms with Gasteiger partial charge in [-0.15, -0.1) is 10.2 Å². The second-order valence-electron chi connectivity index (χ2n) is 3.80. The van der Waals surface area contributed by atoms with E-state index >= 15 is 0 Å². The van der Waals surface area contributed by atoms with Crippen LogP contribution in [0.1, 0.15) is 6.42 Å². The lowest BCUT2D eigenvalue weighted by molar-refractivity contribution is -0.137. The highest BCUT2D eigenvalue weighted by molar-refractivity contribution is 8.00. The summed E-state index contributed by atoms with van der Waals surface area (Å²) < 4.78 is 10.4. The van der Waals surface area contributed by atoms with E-state index in [-0.39, 0.29) is 11.2 Å². The predicted molar refractivity (Wildman–Crippen MR) is 65.0 cm³/mol. The Bertz CT molecular complexity index is 555. The topological polar surface area (TPSA) is 65.2 Å². The van der Waals surface area contributed by atoms with Gasteiger partial charge in [-0.3, -0.25) is 4.79 Å². The van der Waals surface area contributed by atoms with E-state index < -0.39 is 0 Å². The van der Waals surface area contributed by atoms with Gasteiger partial charge in [-0.1, -0.05) is 18.2 Å². The summed E-state index contributed by atoms with van der Waals surface area (Å²) in [6.45, 7) is 0.468. The van der Waals surface area contributed by atoms with E-state index in [1.54, 1.807) is 0 Å². The van der Waals surface area contributed by atoms with Gasteiger partial charge in [0.15, 0.2) is 0 Å². The fourth-order valence-corrected chi connectivity index (χ4v) is 2.50. The number of esters is 1. The fourth-order valence-electron chi connectivity index (χ4n) is 1.66. The molecule has 92 valence electrons. The summed E-state index contributed by atoms with van der Waals surface area (Å²) in [5.74, 6) is 0.254. The van der Waals surface area contributed by atoms with E-state index in [4.69, 9.17) is 9.15 Å². The van der Waals surface area contributed by atoms with E-state index in [1.165, 1.54) is 11.8 Å². The molecule has 6 heteroatoms. The van der Waals surface area contributed by atoms with Crippen molar-refractivity contribution >= 4 is 17.7 Å². The number of carbonyl (C=O) groups excluding carboxylic acids is 1. The summed E-state index contributed by atoms with van der Waals surface area (Å²) in [5.41, 5.74) is 0.867. The molecule has 1 aliphatic rings. The smallest absolute Gasteiger partial charge is 0.319 e. The number of aromatic nitrogens is 2. The maximum Gasteiger partial charge on any atom is 0.319 e. The Labute approximate surface area is 108 Å². The third-order valence-electron chi connectivity index (χ3n) is 2.56. The van der Waals surface area contributed by atoms with E-state index in [1.807, 2.05) is 30.3 Å². The minimum Gasteiger partial charge on any atom is -0.465 e. The average molecular weight is 262 g/mol. The fraction of sp³-hybridized carbons (Fsp3) is 0.250. The first-order valence-corrected chi connectivity index (χ1v) is 6.43. The molecule has 0 spiro atoms. The lowest BCUT2D eigenvalue weighted by atomic mass is 10.2. The Hall–Kier alpha value is -1.82. The molecule has 1 aromatic heterocycles. The van der Waals surface area contributed by atoms with Crippen molar-refractivity contribution in [2.24, 2.45) is 0 Å². The molecule has 1 saturated heterocycles. The summed E-state index contributed by atoms with van der Waals surface area (Å²) >= 11 is 1.26. The van der Waals surface area contributed by atoms with Gasteiger partial charge in [-0.05, 0) is 23.9 Å². The standard InChI is InChI=1S/C12H10N2O3S/c15-11-9(6-7-16-11)18-12-14-13-10(17-12)8-4-2-1-3-5-8/h1-5,9H,6-7H2/t9-/m0/s1. The van der Waals surface area contributed by atoms with Crippen LogP contribution in [0.5, 0.6) is 0 Å².